The molecule has 3 aliphatic heterocycles. The fourth-order valence-corrected chi connectivity index (χ4v) is 6.05. The number of imide groups is 1. The van der Waals surface area contributed by atoms with E-state index < -0.39 is 6.29 Å². The molecule has 0 aliphatic carbocycles. The van der Waals surface area contributed by atoms with Crippen molar-refractivity contribution in [2.24, 2.45) is 0 Å². The first-order valence-electron chi connectivity index (χ1n) is 13.9. The number of amides is 2. The first-order valence-corrected chi connectivity index (χ1v) is 13.9. The third kappa shape index (κ3) is 5.21. The fraction of sp³-hybridized carbons (Fsp3) is 0.375. The Morgan fingerprint density at radius 3 is 2.38 bits per heavy atom. The summed E-state index contributed by atoms with van der Waals surface area (Å²) in [5.41, 5.74) is 3.91. The second-order valence-corrected chi connectivity index (χ2v) is 10.7. The number of aliphatic hydroxyl groups is 1. The molecular formula is C32H34N2O6. The van der Waals surface area contributed by atoms with Crippen LogP contribution in [0.4, 0.5) is 5.69 Å². The van der Waals surface area contributed by atoms with E-state index in [1.807, 2.05) is 42.5 Å². The Kier molecular flexibility index (Phi) is 7.78. The second-order valence-electron chi connectivity index (χ2n) is 10.7. The number of nitrogens with zero attached hydrogens (tertiary/aromatic N) is 2. The zero-order valence-corrected chi connectivity index (χ0v) is 22.6. The van der Waals surface area contributed by atoms with Crippen LogP contribution in [-0.4, -0.2) is 60.8 Å². The van der Waals surface area contributed by atoms with Crippen molar-refractivity contribution in [3.63, 3.8) is 0 Å². The number of carbonyl (C=O) groups is 2. The Morgan fingerprint density at radius 1 is 0.925 bits per heavy atom. The van der Waals surface area contributed by atoms with Gasteiger partial charge in [-0.1, -0.05) is 48.5 Å². The third-order valence-electron chi connectivity index (χ3n) is 8.11. The SMILES string of the molecule is COC[C@@H]1CCCN1C[C@@H]1C[C@H](c2ccc(CO)cc2)O[C@H](c2cccc(N3C(=O)c4ccccc4C3=O)c2)O1. The maximum atomic E-state index is 13.1. The molecule has 2 amide bonds. The summed E-state index contributed by atoms with van der Waals surface area (Å²) in [7, 11) is 1.74. The Hall–Kier alpha value is -3.40. The maximum Gasteiger partial charge on any atom is 0.266 e. The summed E-state index contributed by atoms with van der Waals surface area (Å²) in [6.07, 6.45) is 1.93. The van der Waals surface area contributed by atoms with Crippen LogP contribution in [0.5, 0.6) is 0 Å². The summed E-state index contributed by atoms with van der Waals surface area (Å²) in [4.78, 5) is 29.9. The minimum atomic E-state index is -0.681. The van der Waals surface area contributed by atoms with E-state index in [9.17, 15) is 14.7 Å². The average molecular weight is 543 g/mol. The summed E-state index contributed by atoms with van der Waals surface area (Å²) < 4.78 is 18.5. The topological polar surface area (TPSA) is 88.5 Å². The van der Waals surface area contributed by atoms with E-state index >= 15 is 0 Å². The van der Waals surface area contributed by atoms with E-state index in [0.717, 1.165) is 42.6 Å². The Morgan fingerprint density at radius 2 is 1.68 bits per heavy atom. The molecule has 2 saturated heterocycles. The molecule has 3 aliphatic rings. The molecule has 40 heavy (non-hydrogen) atoms. The van der Waals surface area contributed by atoms with Crippen molar-refractivity contribution in [1.29, 1.82) is 0 Å². The van der Waals surface area contributed by atoms with Gasteiger partial charge in [-0.15, -0.1) is 0 Å². The van der Waals surface area contributed by atoms with Crippen molar-refractivity contribution < 1.29 is 28.9 Å². The monoisotopic (exact) mass is 542 g/mol. The van der Waals surface area contributed by atoms with E-state index in [4.69, 9.17) is 14.2 Å². The number of anilines is 1. The highest BCUT2D eigenvalue weighted by Crippen LogP contribution is 2.40. The third-order valence-corrected chi connectivity index (χ3v) is 8.11. The summed E-state index contributed by atoms with van der Waals surface area (Å²) in [5.74, 6) is -0.664. The summed E-state index contributed by atoms with van der Waals surface area (Å²) in [6, 6.07) is 22.4. The molecule has 3 aromatic rings. The van der Waals surface area contributed by atoms with E-state index in [0.29, 0.717) is 35.9 Å². The van der Waals surface area contributed by atoms with Gasteiger partial charge in [-0.2, -0.15) is 0 Å². The van der Waals surface area contributed by atoms with E-state index in [-0.39, 0.29) is 30.6 Å². The Balaban J connectivity index is 1.27. The molecule has 208 valence electrons. The van der Waals surface area contributed by atoms with Gasteiger partial charge in [0.25, 0.3) is 11.8 Å². The van der Waals surface area contributed by atoms with Crippen LogP contribution in [0, 0.1) is 0 Å². The van der Waals surface area contributed by atoms with Crippen LogP contribution in [0.2, 0.25) is 0 Å². The Bertz CT molecular complexity index is 1340. The Labute approximate surface area is 234 Å². The minimum Gasteiger partial charge on any atom is -0.392 e. The van der Waals surface area contributed by atoms with Crippen molar-refractivity contribution in [3.8, 4) is 0 Å². The molecule has 8 heteroatoms. The van der Waals surface area contributed by atoms with E-state index in [2.05, 4.69) is 4.90 Å². The lowest BCUT2D eigenvalue weighted by atomic mass is 9.99. The highest BCUT2D eigenvalue weighted by atomic mass is 16.7. The van der Waals surface area contributed by atoms with Gasteiger partial charge in [-0.25, -0.2) is 4.90 Å². The average Bonchev–Trinajstić information content (AvgIpc) is 3.54. The van der Waals surface area contributed by atoms with Crippen molar-refractivity contribution in [3.05, 3.63) is 101 Å². The van der Waals surface area contributed by atoms with Crippen LogP contribution >= 0.6 is 0 Å². The van der Waals surface area contributed by atoms with Crippen LogP contribution in [0.15, 0.2) is 72.8 Å². The number of aliphatic hydroxyl groups excluding tert-OH is 1. The van der Waals surface area contributed by atoms with Gasteiger partial charge in [0.05, 0.1) is 42.2 Å². The number of hydrogen-bond donors (Lipinski definition) is 1. The van der Waals surface area contributed by atoms with Gasteiger partial charge in [0.2, 0.25) is 0 Å². The molecule has 0 saturated carbocycles. The molecule has 0 spiro atoms. The van der Waals surface area contributed by atoms with Gasteiger partial charge >= 0.3 is 0 Å². The lowest BCUT2D eigenvalue weighted by molar-refractivity contribution is -0.253. The van der Waals surface area contributed by atoms with Gasteiger partial charge < -0.3 is 19.3 Å². The smallest absolute Gasteiger partial charge is 0.266 e. The predicted octanol–water partition coefficient (Wildman–Crippen LogP) is 4.64. The van der Waals surface area contributed by atoms with E-state index in [1.54, 1.807) is 37.4 Å². The summed E-state index contributed by atoms with van der Waals surface area (Å²) in [5, 5.41) is 9.49. The number of methoxy groups -OCH3 is 1. The molecule has 0 bridgehead atoms. The van der Waals surface area contributed by atoms with Crippen LogP contribution in [-0.2, 0) is 20.8 Å². The van der Waals surface area contributed by atoms with Crippen molar-refractivity contribution in [2.75, 3.05) is 31.7 Å². The first-order chi connectivity index (χ1) is 19.6. The second kappa shape index (κ2) is 11.6. The van der Waals surface area contributed by atoms with Crippen LogP contribution in [0.3, 0.4) is 0 Å². The predicted molar refractivity (Wildman–Crippen MR) is 149 cm³/mol. The van der Waals surface area contributed by atoms with Crippen molar-refractivity contribution >= 4 is 17.5 Å². The highest BCUT2D eigenvalue weighted by molar-refractivity contribution is 6.34. The number of hydrogen-bond acceptors (Lipinski definition) is 7. The minimum absolute atomic E-state index is 0.0133. The molecule has 3 aromatic carbocycles. The molecular weight excluding hydrogens is 508 g/mol. The largest absolute Gasteiger partial charge is 0.392 e. The molecule has 3 heterocycles. The number of rotatable bonds is 8. The van der Waals surface area contributed by atoms with Gasteiger partial charge in [-0.05, 0) is 54.8 Å². The van der Waals surface area contributed by atoms with Gasteiger partial charge in [0, 0.05) is 31.7 Å². The summed E-state index contributed by atoms with van der Waals surface area (Å²) >= 11 is 0. The number of fused-ring (bicyclic) bond motifs is 1. The van der Waals surface area contributed by atoms with Crippen molar-refractivity contribution in [2.45, 2.75) is 50.4 Å². The van der Waals surface area contributed by atoms with Crippen molar-refractivity contribution in [1.82, 2.24) is 4.90 Å². The number of carbonyl (C=O) groups excluding carboxylic acids is 2. The maximum absolute atomic E-state index is 13.1. The zero-order valence-electron chi connectivity index (χ0n) is 22.6. The molecule has 0 aromatic heterocycles. The zero-order chi connectivity index (χ0) is 27.6. The standard InChI is InChI=1S/C32H34N2O6/c1-38-20-25-8-5-15-33(25)18-26-17-29(22-13-11-21(19-35)12-14-22)40-32(39-26)23-6-4-7-24(16-23)34-30(36)27-9-2-3-10-28(27)31(34)37/h2-4,6-7,9-14,16,25-26,29,32,35H,5,8,15,17-20H2,1H3/t25-,26-,29+,32+/m0/s1. The molecule has 6 rings (SSSR count). The van der Waals surface area contributed by atoms with Crippen LogP contribution in [0.1, 0.15) is 69.1 Å². The molecule has 4 atom stereocenters. The quantitative estimate of drug-likeness (QED) is 0.415. The lowest BCUT2D eigenvalue weighted by Gasteiger charge is -2.39. The molecule has 2 fully saturated rings. The van der Waals surface area contributed by atoms with Gasteiger partial charge in [-0.3, -0.25) is 14.5 Å². The molecule has 8 nitrogen and oxygen atoms in total. The number of likely N-dealkylation sites (tertiary alicyclic amines) is 1. The number of benzene rings is 3. The van der Waals surface area contributed by atoms with E-state index in [1.165, 1.54) is 4.90 Å². The highest BCUT2D eigenvalue weighted by Gasteiger charge is 2.38. The first kappa shape index (κ1) is 26.8. The molecule has 0 radical (unpaired) electrons. The normalized spacial score (nSPS) is 25.0. The molecule has 0 unspecified atom stereocenters. The van der Waals surface area contributed by atoms with Gasteiger partial charge in [0.1, 0.15) is 0 Å². The fourth-order valence-electron chi connectivity index (χ4n) is 6.05. The summed E-state index contributed by atoms with van der Waals surface area (Å²) in [6.45, 7) is 2.45. The van der Waals surface area contributed by atoms with Crippen LogP contribution in [0.25, 0.3) is 0 Å². The number of ether oxygens (including phenoxy) is 3. The van der Waals surface area contributed by atoms with Crippen LogP contribution < -0.4 is 4.90 Å². The lowest BCUT2D eigenvalue weighted by Crippen LogP contribution is -2.42. The van der Waals surface area contributed by atoms with Gasteiger partial charge in [0.15, 0.2) is 6.29 Å². The molecule has 1 N–H and O–H groups in total.